The zero-order valence-corrected chi connectivity index (χ0v) is 42.8. The zero-order valence-electron chi connectivity index (χ0n) is 39.8. The van der Waals surface area contributed by atoms with Crippen molar-refractivity contribution in [3.8, 4) is 0 Å². The zero-order chi connectivity index (χ0) is 44.8. The standard InChI is InChI=1S/C47H81NO8Si3/c1-34(42(49)35(2)43(50)48-38(32-53-44(48)51)28-36-24-20-18-21-25-36)41(56-59(16,17)47(9,10)11)30-39(54-57(12,13)45(3,4)5)29-40(55-58(14,15)46(6,7)8)33-52-31-37-26-22-19-23-27-37/h18-27,34-35,38-42,49H,28-33H2,1-17H3/t34-,35+,38+,39-,40-,41+,42-/m0/s1. The molecule has 1 heterocycles. The first kappa shape index (κ1) is 51.2. The van der Waals surface area contributed by atoms with Crippen LogP contribution in [0.5, 0.6) is 0 Å². The minimum atomic E-state index is -2.43. The maximum atomic E-state index is 14.2. The quantitative estimate of drug-likeness (QED) is 0.131. The molecule has 0 aromatic heterocycles. The number of imide groups is 1. The van der Waals surface area contributed by atoms with Crippen LogP contribution in [0.1, 0.15) is 100 Å². The van der Waals surface area contributed by atoms with E-state index in [1.54, 1.807) is 6.92 Å². The normalized spacial score (nSPS) is 19.2. The highest BCUT2D eigenvalue weighted by Crippen LogP contribution is 2.43. The molecular weight excluding hydrogens is 791 g/mol. The molecule has 0 radical (unpaired) electrons. The van der Waals surface area contributed by atoms with Gasteiger partial charge in [-0.2, -0.15) is 0 Å². The topological polar surface area (TPSA) is 104 Å². The SMILES string of the molecule is C[C@H]([C@H](O)[C@@H](C)C(=O)N1C(=O)OC[C@H]1Cc1ccccc1)[C@@H](C[C@H](C[C@@H](COCc1ccccc1)O[Si](C)(C)C(C)(C)C)O[Si](C)(C)C(C)(C)C)O[Si](C)(C)C(C)(C)C. The van der Waals surface area contributed by atoms with Gasteiger partial charge in [-0.25, -0.2) is 9.69 Å². The summed E-state index contributed by atoms with van der Waals surface area (Å²) in [6.07, 6.45) is -1.20. The average molecular weight is 872 g/mol. The fourth-order valence-corrected chi connectivity index (χ4v) is 10.8. The third-order valence-corrected chi connectivity index (χ3v) is 27.3. The predicted molar refractivity (Wildman–Crippen MR) is 248 cm³/mol. The van der Waals surface area contributed by atoms with E-state index in [9.17, 15) is 14.7 Å². The van der Waals surface area contributed by atoms with Crippen molar-refractivity contribution in [3.63, 3.8) is 0 Å². The molecule has 59 heavy (non-hydrogen) atoms. The monoisotopic (exact) mass is 872 g/mol. The molecule has 1 aliphatic rings. The molecule has 3 rings (SSSR count). The van der Waals surface area contributed by atoms with Crippen LogP contribution in [0.2, 0.25) is 54.4 Å². The van der Waals surface area contributed by atoms with Crippen LogP contribution in [0, 0.1) is 11.8 Å². The summed E-state index contributed by atoms with van der Waals surface area (Å²) in [5.74, 6) is -1.81. The number of ether oxygens (including phenoxy) is 2. The summed E-state index contributed by atoms with van der Waals surface area (Å²) < 4.78 is 33.7. The van der Waals surface area contributed by atoms with E-state index in [-0.39, 0.29) is 33.9 Å². The van der Waals surface area contributed by atoms with Crippen LogP contribution >= 0.6 is 0 Å². The van der Waals surface area contributed by atoms with Crippen LogP contribution in [0.25, 0.3) is 0 Å². The molecule has 12 heteroatoms. The fraction of sp³-hybridized carbons (Fsp3) is 0.702. The molecule has 7 atom stereocenters. The molecule has 0 unspecified atom stereocenters. The molecule has 9 nitrogen and oxygen atoms in total. The van der Waals surface area contributed by atoms with Crippen LogP contribution in [0.3, 0.4) is 0 Å². The van der Waals surface area contributed by atoms with Gasteiger partial charge >= 0.3 is 6.09 Å². The molecule has 2 aromatic rings. The maximum Gasteiger partial charge on any atom is 0.416 e. The van der Waals surface area contributed by atoms with Gasteiger partial charge in [0.2, 0.25) is 5.91 Å². The van der Waals surface area contributed by atoms with Crippen molar-refractivity contribution in [3.05, 3.63) is 71.8 Å². The number of hydrogen-bond acceptors (Lipinski definition) is 8. The van der Waals surface area contributed by atoms with Crippen LogP contribution in [-0.4, -0.2) is 90.6 Å². The van der Waals surface area contributed by atoms with E-state index in [1.165, 1.54) is 4.90 Å². The molecule has 1 fully saturated rings. The number of rotatable bonds is 20. The molecule has 1 saturated heterocycles. The van der Waals surface area contributed by atoms with Crippen molar-refractivity contribution in [1.29, 1.82) is 0 Å². The van der Waals surface area contributed by atoms with Crippen molar-refractivity contribution < 1.29 is 37.4 Å². The molecule has 1 N–H and O–H groups in total. The van der Waals surface area contributed by atoms with Gasteiger partial charge in [0.05, 0.1) is 43.5 Å². The van der Waals surface area contributed by atoms with Gasteiger partial charge in [0.15, 0.2) is 25.0 Å². The molecule has 0 saturated carbocycles. The maximum absolute atomic E-state index is 14.2. The Balaban J connectivity index is 2.02. The molecule has 2 aromatic carbocycles. The Labute approximate surface area is 361 Å². The summed E-state index contributed by atoms with van der Waals surface area (Å²) in [7, 11) is -7.02. The van der Waals surface area contributed by atoms with Crippen molar-refractivity contribution in [1.82, 2.24) is 4.90 Å². The largest absolute Gasteiger partial charge is 0.447 e. The van der Waals surface area contributed by atoms with E-state index < -0.39 is 67.0 Å². The molecule has 334 valence electrons. The van der Waals surface area contributed by atoms with Gasteiger partial charge in [-0.05, 0) is 84.8 Å². The summed E-state index contributed by atoms with van der Waals surface area (Å²) in [4.78, 5) is 28.5. The Hall–Kier alpha value is -2.17. The molecule has 2 amide bonds. The second-order valence-corrected chi connectivity index (χ2v) is 35.9. The second kappa shape index (κ2) is 20.3. The first-order chi connectivity index (χ1) is 27.0. The first-order valence-electron chi connectivity index (χ1n) is 21.8. The van der Waals surface area contributed by atoms with E-state index in [2.05, 4.69) is 114 Å². The van der Waals surface area contributed by atoms with Crippen LogP contribution < -0.4 is 0 Å². The first-order valence-corrected chi connectivity index (χ1v) is 30.6. The molecule has 0 aliphatic carbocycles. The highest BCUT2D eigenvalue weighted by molar-refractivity contribution is 6.75. The van der Waals surface area contributed by atoms with E-state index in [4.69, 9.17) is 22.8 Å². The Morgan fingerprint density at radius 2 is 1.19 bits per heavy atom. The summed E-state index contributed by atoms with van der Waals surface area (Å²) in [5.41, 5.74) is 2.11. The Morgan fingerprint density at radius 1 is 0.729 bits per heavy atom. The van der Waals surface area contributed by atoms with Crippen LogP contribution in [-0.2, 0) is 40.6 Å². The van der Waals surface area contributed by atoms with Crippen molar-refractivity contribution in [2.45, 2.75) is 187 Å². The number of carbonyl (C=O) groups excluding carboxylic acids is 2. The van der Waals surface area contributed by atoms with Crippen molar-refractivity contribution in [2.75, 3.05) is 13.2 Å². The lowest BCUT2D eigenvalue weighted by Gasteiger charge is -2.46. The summed E-state index contributed by atoms with van der Waals surface area (Å²) >= 11 is 0. The Bertz CT molecular complexity index is 1620. The molecule has 0 spiro atoms. The number of carbonyl (C=O) groups is 2. The summed E-state index contributed by atoms with van der Waals surface area (Å²) in [6.45, 7) is 38.4. The van der Waals surface area contributed by atoms with E-state index >= 15 is 0 Å². The van der Waals surface area contributed by atoms with Gasteiger partial charge in [0, 0.05) is 12.0 Å². The lowest BCUT2D eigenvalue weighted by Crippen LogP contribution is -2.53. The van der Waals surface area contributed by atoms with E-state index in [0.29, 0.717) is 32.5 Å². The average Bonchev–Trinajstić information content (AvgIpc) is 3.47. The van der Waals surface area contributed by atoms with Gasteiger partial charge in [0.1, 0.15) is 6.61 Å². The fourth-order valence-electron chi connectivity index (χ4n) is 6.70. The highest BCUT2D eigenvalue weighted by atomic mass is 28.4. The lowest BCUT2D eigenvalue weighted by atomic mass is 9.85. The van der Waals surface area contributed by atoms with Gasteiger partial charge in [-0.3, -0.25) is 4.79 Å². The van der Waals surface area contributed by atoms with E-state index in [1.807, 2.05) is 55.5 Å². The number of amides is 2. The van der Waals surface area contributed by atoms with Crippen molar-refractivity contribution >= 4 is 37.0 Å². The van der Waals surface area contributed by atoms with Gasteiger partial charge in [-0.1, -0.05) is 137 Å². The minimum absolute atomic E-state index is 0.0163. The van der Waals surface area contributed by atoms with Crippen LogP contribution in [0.4, 0.5) is 4.79 Å². The molecule has 0 bridgehead atoms. The molecular formula is C47H81NO8Si3. The number of aliphatic hydroxyl groups is 1. The Morgan fingerprint density at radius 3 is 1.68 bits per heavy atom. The summed E-state index contributed by atoms with van der Waals surface area (Å²) in [5, 5.41) is 12.0. The number of nitrogens with zero attached hydrogens (tertiary/aromatic N) is 1. The summed E-state index contributed by atoms with van der Waals surface area (Å²) in [6, 6.07) is 19.5. The third kappa shape index (κ3) is 14.2. The smallest absolute Gasteiger partial charge is 0.416 e. The Kier molecular flexibility index (Phi) is 17.6. The van der Waals surface area contributed by atoms with Crippen LogP contribution in [0.15, 0.2) is 60.7 Å². The predicted octanol–water partition coefficient (Wildman–Crippen LogP) is 11.4. The lowest BCUT2D eigenvalue weighted by molar-refractivity contribution is -0.139. The number of cyclic esters (lactones) is 1. The third-order valence-electron chi connectivity index (χ3n) is 13.8. The molecule has 1 aliphatic heterocycles. The number of hydrogen-bond donors (Lipinski definition) is 1. The van der Waals surface area contributed by atoms with Gasteiger partial charge < -0.3 is 27.9 Å². The highest BCUT2D eigenvalue weighted by Gasteiger charge is 2.48. The van der Waals surface area contributed by atoms with E-state index in [0.717, 1.165) is 11.1 Å². The number of aliphatic hydroxyl groups excluding tert-OH is 1. The van der Waals surface area contributed by atoms with Gasteiger partial charge in [-0.15, -0.1) is 0 Å². The van der Waals surface area contributed by atoms with Crippen molar-refractivity contribution in [2.24, 2.45) is 11.8 Å². The van der Waals surface area contributed by atoms with Gasteiger partial charge in [0.25, 0.3) is 0 Å². The minimum Gasteiger partial charge on any atom is -0.447 e. The number of benzene rings is 2. The second-order valence-electron chi connectivity index (χ2n) is 21.7.